The minimum absolute atomic E-state index is 0.225. The first-order valence-electron chi connectivity index (χ1n) is 6.84. The third-order valence-electron chi connectivity index (χ3n) is 3.20. The Bertz CT molecular complexity index is 610. The summed E-state index contributed by atoms with van der Waals surface area (Å²) >= 11 is 0. The first-order valence-corrected chi connectivity index (χ1v) is 6.84. The van der Waals surface area contributed by atoms with Crippen molar-refractivity contribution >= 4 is 22.6 Å². The summed E-state index contributed by atoms with van der Waals surface area (Å²) in [6.45, 7) is 5.14. The maximum absolute atomic E-state index is 11.6. The molecule has 0 atom stereocenters. The van der Waals surface area contributed by atoms with E-state index >= 15 is 0 Å². The summed E-state index contributed by atoms with van der Waals surface area (Å²) in [5, 5.41) is 1.07. The summed E-state index contributed by atoms with van der Waals surface area (Å²) in [6.07, 6.45) is 0.965. The van der Waals surface area contributed by atoms with Crippen LogP contribution in [0.1, 0.15) is 19.0 Å². The van der Waals surface area contributed by atoms with Gasteiger partial charge in [-0.2, -0.15) is 0 Å². The van der Waals surface area contributed by atoms with E-state index in [0.29, 0.717) is 0 Å². The van der Waals surface area contributed by atoms with Gasteiger partial charge in [0, 0.05) is 23.3 Å². The number of anilines is 1. The number of carbonyl (C=O) groups excluding carboxylic acids is 1. The predicted octanol–water partition coefficient (Wildman–Crippen LogP) is 2.93. The Morgan fingerprint density at radius 2 is 2.10 bits per heavy atom. The number of carbonyl (C=O) groups is 1. The highest BCUT2D eigenvalue weighted by Crippen LogP contribution is 2.26. The summed E-state index contributed by atoms with van der Waals surface area (Å²) in [5.74, 6) is -0.225. The lowest BCUT2D eigenvalue weighted by molar-refractivity contribution is -0.138. The van der Waals surface area contributed by atoms with Crippen LogP contribution < -0.4 is 4.90 Å². The van der Waals surface area contributed by atoms with Crippen LogP contribution in [0, 0.1) is 6.92 Å². The summed E-state index contributed by atoms with van der Waals surface area (Å²) < 4.78 is 4.79. The molecule has 1 aromatic carbocycles. The summed E-state index contributed by atoms with van der Waals surface area (Å²) in [7, 11) is 1.42. The van der Waals surface area contributed by atoms with Gasteiger partial charge in [-0.25, -0.2) is 0 Å². The van der Waals surface area contributed by atoms with E-state index in [1.165, 1.54) is 7.11 Å². The van der Waals surface area contributed by atoms with E-state index in [4.69, 9.17) is 4.74 Å². The summed E-state index contributed by atoms with van der Waals surface area (Å²) in [4.78, 5) is 18.2. The largest absolute Gasteiger partial charge is 0.468 e. The van der Waals surface area contributed by atoms with E-state index < -0.39 is 0 Å². The fourth-order valence-corrected chi connectivity index (χ4v) is 2.32. The Morgan fingerprint density at radius 1 is 1.35 bits per heavy atom. The smallest absolute Gasteiger partial charge is 0.325 e. The molecule has 1 aromatic heterocycles. The number of hydrogen-bond acceptors (Lipinski definition) is 4. The molecule has 20 heavy (non-hydrogen) atoms. The van der Waals surface area contributed by atoms with Crippen molar-refractivity contribution < 1.29 is 9.53 Å². The lowest BCUT2D eigenvalue weighted by atomic mass is 10.1. The molecule has 0 amide bonds. The lowest BCUT2D eigenvalue weighted by Crippen LogP contribution is -2.31. The summed E-state index contributed by atoms with van der Waals surface area (Å²) in [5.41, 5.74) is 2.94. The summed E-state index contributed by atoms with van der Waals surface area (Å²) in [6, 6.07) is 10.0. The van der Waals surface area contributed by atoms with Gasteiger partial charge in [0.1, 0.15) is 6.54 Å². The number of methoxy groups -OCH3 is 1. The van der Waals surface area contributed by atoms with Crippen molar-refractivity contribution in [3.05, 3.63) is 36.0 Å². The number of aryl methyl sites for hydroxylation is 1. The number of benzene rings is 1. The van der Waals surface area contributed by atoms with Crippen molar-refractivity contribution in [3.63, 3.8) is 0 Å². The fourth-order valence-electron chi connectivity index (χ4n) is 2.32. The van der Waals surface area contributed by atoms with Crippen molar-refractivity contribution in [2.24, 2.45) is 0 Å². The second-order valence-electron chi connectivity index (χ2n) is 4.80. The average Bonchev–Trinajstić information content (AvgIpc) is 2.45. The van der Waals surface area contributed by atoms with Gasteiger partial charge in [0.25, 0.3) is 0 Å². The number of hydrogen-bond donors (Lipinski definition) is 0. The molecular weight excluding hydrogens is 252 g/mol. The van der Waals surface area contributed by atoms with E-state index in [9.17, 15) is 4.79 Å². The maximum atomic E-state index is 11.6. The Balaban J connectivity index is 2.48. The highest BCUT2D eigenvalue weighted by Gasteiger charge is 2.14. The highest BCUT2D eigenvalue weighted by atomic mass is 16.5. The van der Waals surface area contributed by atoms with Gasteiger partial charge >= 0.3 is 5.97 Å². The number of nitrogens with zero attached hydrogens (tertiary/aromatic N) is 2. The molecule has 0 N–H and O–H groups in total. The average molecular weight is 272 g/mol. The maximum Gasteiger partial charge on any atom is 0.325 e. The fraction of sp³-hybridized carbons (Fsp3) is 0.375. The van der Waals surface area contributed by atoms with E-state index in [1.807, 2.05) is 37.3 Å². The Morgan fingerprint density at radius 3 is 2.80 bits per heavy atom. The van der Waals surface area contributed by atoms with Crippen LogP contribution in [-0.4, -0.2) is 31.2 Å². The number of fused-ring (bicyclic) bond motifs is 1. The molecule has 0 radical (unpaired) electrons. The number of ether oxygens (including phenoxy) is 1. The zero-order chi connectivity index (χ0) is 14.5. The van der Waals surface area contributed by atoms with Gasteiger partial charge in [0.15, 0.2) is 0 Å². The molecule has 106 valence electrons. The second-order valence-corrected chi connectivity index (χ2v) is 4.80. The minimum atomic E-state index is -0.225. The van der Waals surface area contributed by atoms with Gasteiger partial charge in [-0.15, -0.1) is 0 Å². The highest BCUT2D eigenvalue weighted by molar-refractivity contribution is 5.93. The number of aromatic nitrogens is 1. The quantitative estimate of drug-likeness (QED) is 0.785. The van der Waals surface area contributed by atoms with E-state index in [-0.39, 0.29) is 12.5 Å². The zero-order valence-electron chi connectivity index (χ0n) is 12.2. The van der Waals surface area contributed by atoms with Crippen molar-refractivity contribution in [3.8, 4) is 0 Å². The molecule has 0 saturated carbocycles. The van der Waals surface area contributed by atoms with Gasteiger partial charge in [-0.05, 0) is 25.5 Å². The van der Waals surface area contributed by atoms with Crippen molar-refractivity contribution in [1.29, 1.82) is 0 Å². The first kappa shape index (κ1) is 14.3. The molecule has 0 unspecified atom stereocenters. The van der Waals surface area contributed by atoms with Gasteiger partial charge < -0.3 is 9.64 Å². The molecule has 0 aliphatic carbocycles. The van der Waals surface area contributed by atoms with Crippen LogP contribution in [0.2, 0.25) is 0 Å². The molecule has 0 spiro atoms. The topological polar surface area (TPSA) is 42.4 Å². The molecule has 0 aliphatic rings. The molecule has 4 heteroatoms. The number of para-hydroxylation sites is 1. The van der Waals surface area contributed by atoms with Crippen LogP contribution in [0.5, 0.6) is 0 Å². The van der Waals surface area contributed by atoms with E-state index in [2.05, 4.69) is 16.8 Å². The Kier molecular flexibility index (Phi) is 4.56. The number of esters is 1. The monoisotopic (exact) mass is 272 g/mol. The van der Waals surface area contributed by atoms with Gasteiger partial charge in [-0.1, -0.05) is 25.1 Å². The van der Waals surface area contributed by atoms with Crippen LogP contribution in [0.15, 0.2) is 30.3 Å². The van der Waals surface area contributed by atoms with Crippen LogP contribution in [0.3, 0.4) is 0 Å². The standard InChI is InChI=1S/C16H20N2O2/c1-4-9-18(11-16(19)20-3)15-10-12(2)17-14-8-6-5-7-13(14)15/h5-8,10H,4,9,11H2,1-3H3. The molecule has 2 rings (SSSR count). The first-order chi connectivity index (χ1) is 9.65. The van der Waals surface area contributed by atoms with Crippen LogP contribution in [-0.2, 0) is 9.53 Å². The van der Waals surface area contributed by atoms with Gasteiger partial charge in [0.05, 0.1) is 12.6 Å². The van der Waals surface area contributed by atoms with Crippen molar-refractivity contribution in [1.82, 2.24) is 4.98 Å². The molecule has 0 bridgehead atoms. The van der Waals surface area contributed by atoms with Crippen molar-refractivity contribution in [2.45, 2.75) is 20.3 Å². The second kappa shape index (κ2) is 6.37. The third kappa shape index (κ3) is 3.07. The molecule has 4 nitrogen and oxygen atoms in total. The molecule has 1 heterocycles. The molecule has 0 aliphatic heterocycles. The Labute approximate surface area is 119 Å². The SMILES string of the molecule is CCCN(CC(=O)OC)c1cc(C)nc2ccccc12. The normalized spacial score (nSPS) is 10.6. The number of rotatable bonds is 5. The van der Waals surface area contributed by atoms with Gasteiger partial charge in [-0.3, -0.25) is 9.78 Å². The Hall–Kier alpha value is -2.10. The van der Waals surface area contributed by atoms with Crippen LogP contribution in [0.25, 0.3) is 10.9 Å². The third-order valence-corrected chi connectivity index (χ3v) is 3.20. The van der Waals surface area contributed by atoms with Crippen molar-refractivity contribution in [2.75, 3.05) is 25.1 Å². The van der Waals surface area contributed by atoms with E-state index in [1.54, 1.807) is 0 Å². The lowest BCUT2D eigenvalue weighted by Gasteiger charge is -2.24. The molecular formula is C16H20N2O2. The number of pyridine rings is 1. The molecule has 0 fully saturated rings. The zero-order valence-corrected chi connectivity index (χ0v) is 12.2. The molecule has 0 saturated heterocycles. The van der Waals surface area contributed by atoms with Crippen LogP contribution >= 0.6 is 0 Å². The predicted molar refractivity (Wildman–Crippen MR) is 81.0 cm³/mol. The van der Waals surface area contributed by atoms with Gasteiger partial charge in [0.2, 0.25) is 0 Å². The van der Waals surface area contributed by atoms with Crippen LogP contribution in [0.4, 0.5) is 5.69 Å². The van der Waals surface area contributed by atoms with E-state index in [0.717, 1.165) is 35.2 Å². The minimum Gasteiger partial charge on any atom is -0.468 e. The molecule has 2 aromatic rings.